The van der Waals surface area contributed by atoms with Gasteiger partial charge in [-0.2, -0.15) is 0 Å². The van der Waals surface area contributed by atoms with E-state index in [0.29, 0.717) is 6.61 Å². The molecule has 28 heavy (non-hydrogen) atoms. The number of ether oxygens (including phenoxy) is 3. The Morgan fingerprint density at radius 1 is 0.964 bits per heavy atom. The Labute approximate surface area is 166 Å². The van der Waals surface area contributed by atoms with Crippen LogP contribution in [0.5, 0.6) is 17.2 Å². The zero-order valence-corrected chi connectivity index (χ0v) is 16.7. The molecule has 1 aromatic heterocycles. The normalized spacial score (nSPS) is 10.9. The van der Waals surface area contributed by atoms with E-state index in [1.807, 2.05) is 47.2 Å². The molecule has 0 N–H and O–H groups in total. The summed E-state index contributed by atoms with van der Waals surface area (Å²) in [5, 5.41) is 0. The molecule has 6 nitrogen and oxygen atoms in total. The summed E-state index contributed by atoms with van der Waals surface area (Å²) in [6.45, 7) is 2.45. The quantitative estimate of drug-likeness (QED) is 0.538. The lowest BCUT2D eigenvalue weighted by atomic mass is 10.1. The first-order valence-corrected chi connectivity index (χ1v) is 9.30. The highest BCUT2D eigenvalue weighted by Gasteiger charge is 2.06. The molecule has 0 unspecified atom stereocenters. The maximum atomic E-state index is 5.86. The molecule has 1 heterocycles. The Bertz CT molecular complexity index is 848. The van der Waals surface area contributed by atoms with E-state index in [1.54, 1.807) is 26.7 Å². The minimum absolute atomic E-state index is 0.646. The lowest BCUT2D eigenvalue weighted by Crippen LogP contribution is -2.26. The molecule has 0 fully saturated rings. The van der Waals surface area contributed by atoms with Gasteiger partial charge in [0.25, 0.3) is 0 Å². The van der Waals surface area contributed by atoms with Gasteiger partial charge in [0.05, 0.1) is 20.5 Å². The first kappa shape index (κ1) is 19.8. The molecule has 2 aromatic carbocycles. The van der Waals surface area contributed by atoms with Gasteiger partial charge in [-0.1, -0.05) is 6.07 Å². The standard InChI is InChI=1S/C22H27N3O3/c1-24(12-10-18-4-9-21(26-2)22(16-18)27-3)14-15-28-20-7-5-19(6-8-20)25-13-11-23-17-25/h4-9,11,13,16-17H,10,12,14-15H2,1-3H3. The van der Waals surface area contributed by atoms with Crippen molar-refractivity contribution in [1.29, 1.82) is 0 Å². The fourth-order valence-electron chi connectivity index (χ4n) is 2.91. The summed E-state index contributed by atoms with van der Waals surface area (Å²) in [4.78, 5) is 6.32. The fraction of sp³-hybridized carbons (Fsp3) is 0.318. The molecule has 3 rings (SSSR count). The molecule has 0 radical (unpaired) electrons. The average molecular weight is 381 g/mol. The topological polar surface area (TPSA) is 48.8 Å². The van der Waals surface area contributed by atoms with Crippen molar-refractivity contribution in [2.45, 2.75) is 6.42 Å². The van der Waals surface area contributed by atoms with Crippen LogP contribution in [0.2, 0.25) is 0 Å². The van der Waals surface area contributed by atoms with Crippen molar-refractivity contribution < 1.29 is 14.2 Å². The van der Waals surface area contributed by atoms with Crippen LogP contribution in [-0.2, 0) is 6.42 Å². The van der Waals surface area contributed by atoms with E-state index in [0.717, 1.165) is 42.4 Å². The molecular formula is C22H27N3O3. The zero-order valence-electron chi connectivity index (χ0n) is 16.7. The van der Waals surface area contributed by atoms with Crippen molar-refractivity contribution >= 4 is 0 Å². The molecule has 0 spiro atoms. The summed E-state index contributed by atoms with van der Waals surface area (Å²) in [7, 11) is 5.41. The van der Waals surface area contributed by atoms with Gasteiger partial charge in [0.2, 0.25) is 0 Å². The van der Waals surface area contributed by atoms with Crippen molar-refractivity contribution in [2.24, 2.45) is 0 Å². The molecule has 0 saturated carbocycles. The summed E-state index contributed by atoms with van der Waals surface area (Å²) in [5.41, 5.74) is 2.29. The zero-order chi connectivity index (χ0) is 19.8. The van der Waals surface area contributed by atoms with E-state index in [4.69, 9.17) is 14.2 Å². The SMILES string of the molecule is COc1ccc(CCN(C)CCOc2ccc(-n3ccnc3)cc2)cc1OC. The lowest BCUT2D eigenvalue weighted by Gasteiger charge is -2.17. The number of likely N-dealkylation sites (N-methyl/N-ethyl adjacent to an activating group) is 1. The first-order valence-electron chi connectivity index (χ1n) is 9.30. The molecule has 0 atom stereocenters. The molecule has 0 aliphatic heterocycles. The summed E-state index contributed by atoms with van der Waals surface area (Å²) >= 11 is 0. The number of hydrogen-bond acceptors (Lipinski definition) is 5. The Morgan fingerprint density at radius 2 is 1.75 bits per heavy atom. The molecule has 0 bridgehead atoms. The molecular weight excluding hydrogens is 354 g/mol. The minimum atomic E-state index is 0.646. The van der Waals surface area contributed by atoms with Crippen LogP contribution >= 0.6 is 0 Å². The van der Waals surface area contributed by atoms with Crippen molar-refractivity contribution in [2.75, 3.05) is 41.0 Å². The second-order valence-electron chi connectivity index (χ2n) is 6.55. The molecule has 0 aliphatic rings. The van der Waals surface area contributed by atoms with Crippen LogP contribution in [-0.4, -0.2) is 55.4 Å². The van der Waals surface area contributed by atoms with Gasteiger partial charge in [-0.15, -0.1) is 0 Å². The number of imidazole rings is 1. The Hall–Kier alpha value is -2.99. The highest BCUT2D eigenvalue weighted by molar-refractivity contribution is 5.43. The predicted octanol–water partition coefficient (Wildman–Crippen LogP) is 3.44. The summed E-state index contributed by atoms with van der Waals surface area (Å²) in [6, 6.07) is 14.1. The van der Waals surface area contributed by atoms with Crippen LogP contribution in [0.1, 0.15) is 5.56 Å². The number of methoxy groups -OCH3 is 2. The highest BCUT2D eigenvalue weighted by atomic mass is 16.5. The van der Waals surface area contributed by atoms with E-state index in [2.05, 4.69) is 23.0 Å². The van der Waals surface area contributed by atoms with Crippen LogP contribution in [0.4, 0.5) is 0 Å². The number of benzene rings is 2. The summed E-state index contributed by atoms with van der Waals surface area (Å²) in [6.07, 6.45) is 6.41. The van der Waals surface area contributed by atoms with Gasteiger partial charge in [-0.25, -0.2) is 4.98 Å². The van der Waals surface area contributed by atoms with E-state index in [9.17, 15) is 0 Å². The summed E-state index contributed by atoms with van der Waals surface area (Å²) in [5.74, 6) is 2.40. The van der Waals surface area contributed by atoms with Gasteiger partial charge >= 0.3 is 0 Å². The van der Waals surface area contributed by atoms with Gasteiger partial charge in [0.1, 0.15) is 12.4 Å². The van der Waals surface area contributed by atoms with E-state index in [1.165, 1.54) is 5.56 Å². The van der Waals surface area contributed by atoms with Gasteiger partial charge < -0.3 is 23.7 Å². The smallest absolute Gasteiger partial charge is 0.160 e. The lowest BCUT2D eigenvalue weighted by molar-refractivity contribution is 0.239. The fourth-order valence-corrected chi connectivity index (χ4v) is 2.91. The average Bonchev–Trinajstić information content (AvgIpc) is 3.27. The van der Waals surface area contributed by atoms with E-state index < -0.39 is 0 Å². The maximum Gasteiger partial charge on any atom is 0.160 e. The monoisotopic (exact) mass is 381 g/mol. The van der Waals surface area contributed by atoms with Crippen LogP contribution in [0, 0.1) is 0 Å². The number of hydrogen-bond donors (Lipinski definition) is 0. The summed E-state index contributed by atoms with van der Waals surface area (Å²) < 4.78 is 18.5. The van der Waals surface area contributed by atoms with Crippen LogP contribution < -0.4 is 14.2 Å². The second-order valence-corrected chi connectivity index (χ2v) is 6.55. The molecule has 0 saturated heterocycles. The van der Waals surface area contributed by atoms with Crippen LogP contribution in [0.3, 0.4) is 0 Å². The Morgan fingerprint density at radius 3 is 2.43 bits per heavy atom. The second kappa shape index (κ2) is 9.80. The van der Waals surface area contributed by atoms with Gasteiger partial charge in [0, 0.05) is 31.2 Å². The molecule has 0 aliphatic carbocycles. The van der Waals surface area contributed by atoms with Crippen LogP contribution in [0.15, 0.2) is 61.2 Å². The van der Waals surface area contributed by atoms with Gasteiger partial charge in [0.15, 0.2) is 11.5 Å². The molecule has 0 amide bonds. The Balaban J connectivity index is 1.41. The van der Waals surface area contributed by atoms with Crippen molar-refractivity contribution in [3.63, 3.8) is 0 Å². The number of nitrogens with zero attached hydrogens (tertiary/aromatic N) is 3. The van der Waals surface area contributed by atoms with E-state index >= 15 is 0 Å². The van der Waals surface area contributed by atoms with Crippen molar-refractivity contribution in [1.82, 2.24) is 14.5 Å². The van der Waals surface area contributed by atoms with Gasteiger partial charge in [-0.3, -0.25) is 0 Å². The Kier molecular flexibility index (Phi) is 6.92. The predicted molar refractivity (Wildman–Crippen MR) is 110 cm³/mol. The molecule has 3 aromatic rings. The first-order chi connectivity index (χ1) is 13.7. The van der Waals surface area contributed by atoms with E-state index in [-0.39, 0.29) is 0 Å². The number of rotatable bonds is 10. The minimum Gasteiger partial charge on any atom is -0.493 e. The largest absolute Gasteiger partial charge is 0.493 e. The van der Waals surface area contributed by atoms with Gasteiger partial charge in [-0.05, 0) is 55.4 Å². The molecule has 148 valence electrons. The van der Waals surface area contributed by atoms with Crippen molar-refractivity contribution in [3.05, 3.63) is 66.7 Å². The third-order valence-corrected chi connectivity index (χ3v) is 4.61. The number of aromatic nitrogens is 2. The highest BCUT2D eigenvalue weighted by Crippen LogP contribution is 2.27. The third kappa shape index (κ3) is 5.27. The molecule has 6 heteroatoms. The van der Waals surface area contributed by atoms with Crippen molar-refractivity contribution in [3.8, 4) is 22.9 Å². The third-order valence-electron chi connectivity index (χ3n) is 4.61. The van der Waals surface area contributed by atoms with Crippen LogP contribution in [0.25, 0.3) is 5.69 Å². The maximum absolute atomic E-state index is 5.86.